The molecule has 19 heavy (non-hydrogen) atoms. The van der Waals surface area contributed by atoms with E-state index in [1.165, 1.54) is 9.75 Å². The summed E-state index contributed by atoms with van der Waals surface area (Å²) in [6.45, 7) is 6.30. The Kier molecular flexibility index (Phi) is 3.60. The van der Waals surface area contributed by atoms with Crippen LogP contribution in [0.2, 0.25) is 0 Å². The highest BCUT2D eigenvalue weighted by atomic mass is 32.1. The van der Waals surface area contributed by atoms with Gasteiger partial charge in [0.2, 0.25) is 5.91 Å². The number of aryl methyl sites for hydroxylation is 1. The number of rotatable bonds is 3. The molecular formula is C14H20N2O2S. The summed E-state index contributed by atoms with van der Waals surface area (Å²) in [6, 6.07) is 4.48. The molecule has 104 valence electrons. The van der Waals surface area contributed by atoms with Crippen LogP contribution in [0, 0.1) is 12.8 Å². The third-order valence-corrected chi connectivity index (χ3v) is 5.18. The predicted octanol–water partition coefficient (Wildman–Crippen LogP) is 1.91. The van der Waals surface area contributed by atoms with E-state index in [0.717, 1.165) is 19.6 Å². The summed E-state index contributed by atoms with van der Waals surface area (Å²) in [4.78, 5) is 16.7. The second-order valence-corrected chi connectivity index (χ2v) is 6.72. The summed E-state index contributed by atoms with van der Waals surface area (Å²) in [5, 5.41) is 3.34. The summed E-state index contributed by atoms with van der Waals surface area (Å²) < 4.78 is 5.46. The molecule has 0 bridgehead atoms. The molecule has 3 atom stereocenters. The summed E-state index contributed by atoms with van der Waals surface area (Å²) in [7, 11) is 0. The van der Waals surface area contributed by atoms with Crippen LogP contribution in [-0.2, 0) is 9.53 Å². The van der Waals surface area contributed by atoms with Gasteiger partial charge in [0.1, 0.15) is 6.17 Å². The van der Waals surface area contributed by atoms with Crippen molar-refractivity contribution in [1.82, 2.24) is 10.2 Å². The Morgan fingerprint density at radius 2 is 2.37 bits per heavy atom. The normalized spacial score (nSPS) is 29.2. The van der Waals surface area contributed by atoms with E-state index < -0.39 is 0 Å². The minimum Gasteiger partial charge on any atom is -0.381 e. The Hall–Kier alpha value is -0.910. The van der Waals surface area contributed by atoms with Gasteiger partial charge in [-0.25, -0.2) is 0 Å². The Balaban J connectivity index is 1.81. The molecule has 0 aromatic carbocycles. The first-order valence-corrected chi connectivity index (χ1v) is 7.67. The molecule has 2 aliphatic rings. The molecule has 0 aliphatic carbocycles. The van der Waals surface area contributed by atoms with Crippen LogP contribution in [0.1, 0.15) is 29.3 Å². The Morgan fingerprint density at radius 1 is 1.53 bits per heavy atom. The van der Waals surface area contributed by atoms with Crippen LogP contribution in [0.4, 0.5) is 0 Å². The van der Waals surface area contributed by atoms with E-state index in [1.54, 1.807) is 11.3 Å². The molecule has 1 aromatic heterocycles. The molecule has 1 amide bonds. The number of nitrogens with one attached hydrogen (secondary N) is 1. The molecule has 2 saturated heterocycles. The fourth-order valence-electron chi connectivity index (χ4n) is 2.98. The van der Waals surface area contributed by atoms with Gasteiger partial charge in [-0.15, -0.1) is 11.3 Å². The number of thiophene rings is 1. The summed E-state index contributed by atoms with van der Waals surface area (Å²) in [6.07, 6.45) is 1.10. The Bertz CT molecular complexity index is 468. The fourth-order valence-corrected chi connectivity index (χ4v) is 3.93. The van der Waals surface area contributed by atoms with Gasteiger partial charge < -0.3 is 9.64 Å². The van der Waals surface area contributed by atoms with Crippen LogP contribution in [-0.4, -0.2) is 36.6 Å². The average molecular weight is 280 g/mol. The fraction of sp³-hybridized carbons (Fsp3) is 0.643. The number of ether oxygens (including phenoxy) is 1. The van der Waals surface area contributed by atoms with Gasteiger partial charge >= 0.3 is 0 Å². The molecule has 3 heterocycles. The van der Waals surface area contributed by atoms with Crippen molar-refractivity contribution in [3.63, 3.8) is 0 Å². The quantitative estimate of drug-likeness (QED) is 0.919. The van der Waals surface area contributed by atoms with Crippen LogP contribution in [0.5, 0.6) is 0 Å². The van der Waals surface area contributed by atoms with E-state index in [-0.39, 0.29) is 18.1 Å². The maximum atomic E-state index is 12.2. The van der Waals surface area contributed by atoms with Crippen molar-refractivity contribution < 1.29 is 9.53 Å². The smallest absolute Gasteiger partial charge is 0.238 e. The van der Waals surface area contributed by atoms with Gasteiger partial charge in [0, 0.05) is 28.3 Å². The van der Waals surface area contributed by atoms with E-state index >= 15 is 0 Å². The van der Waals surface area contributed by atoms with Crippen molar-refractivity contribution in [3.8, 4) is 0 Å². The molecular weight excluding hydrogens is 260 g/mol. The summed E-state index contributed by atoms with van der Waals surface area (Å²) >= 11 is 1.76. The lowest BCUT2D eigenvalue weighted by Gasteiger charge is -2.33. The highest BCUT2D eigenvalue weighted by Crippen LogP contribution is 2.33. The Morgan fingerprint density at radius 3 is 3.00 bits per heavy atom. The maximum Gasteiger partial charge on any atom is 0.238 e. The lowest BCUT2D eigenvalue weighted by molar-refractivity contribution is -0.131. The number of hydrogen-bond acceptors (Lipinski definition) is 4. The molecule has 5 heteroatoms. The standard InChI is InChI=1S/C14H20N2O2S/c1-9-3-4-12(19-9)14-15-7-13(17)16(14)10(2)11-5-6-18-8-11/h3-4,10-11,14-15H,5-8H2,1-2H3. The third-order valence-electron chi connectivity index (χ3n) is 4.13. The van der Waals surface area contributed by atoms with Gasteiger partial charge in [0.15, 0.2) is 0 Å². The van der Waals surface area contributed by atoms with Gasteiger partial charge in [0.05, 0.1) is 13.2 Å². The van der Waals surface area contributed by atoms with Crippen LogP contribution in [0.3, 0.4) is 0 Å². The van der Waals surface area contributed by atoms with E-state index in [2.05, 4.69) is 31.3 Å². The molecule has 0 radical (unpaired) electrons. The molecule has 2 aliphatic heterocycles. The minimum absolute atomic E-state index is 0.0433. The highest BCUT2D eigenvalue weighted by Gasteiger charge is 2.39. The lowest BCUT2D eigenvalue weighted by Crippen LogP contribution is -2.42. The van der Waals surface area contributed by atoms with Crippen LogP contribution < -0.4 is 5.32 Å². The van der Waals surface area contributed by atoms with Gasteiger partial charge in [-0.2, -0.15) is 0 Å². The minimum atomic E-state index is 0.0433. The molecule has 2 fully saturated rings. The van der Waals surface area contributed by atoms with Crippen molar-refractivity contribution in [2.45, 2.75) is 32.5 Å². The largest absolute Gasteiger partial charge is 0.381 e. The SMILES string of the molecule is Cc1ccc(C2NCC(=O)N2C(C)C2CCOC2)s1. The van der Waals surface area contributed by atoms with Gasteiger partial charge in [-0.1, -0.05) is 0 Å². The van der Waals surface area contributed by atoms with Crippen molar-refractivity contribution in [1.29, 1.82) is 0 Å². The van der Waals surface area contributed by atoms with Crippen LogP contribution in [0.25, 0.3) is 0 Å². The second kappa shape index (κ2) is 5.23. The molecule has 3 unspecified atom stereocenters. The van der Waals surface area contributed by atoms with E-state index in [4.69, 9.17) is 4.74 Å². The first-order valence-electron chi connectivity index (χ1n) is 6.85. The van der Waals surface area contributed by atoms with E-state index in [0.29, 0.717) is 12.5 Å². The van der Waals surface area contributed by atoms with Crippen LogP contribution >= 0.6 is 11.3 Å². The number of nitrogens with zero attached hydrogens (tertiary/aromatic N) is 1. The zero-order valence-corrected chi connectivity index (χ0v) is 12.2. The first-order chi connectivity index (χ1) is 9.16. The number of amides is 1. The zero-order valence-electron chi connectivity index (χ0n) is 11.4. The van der Waals surface area contributed by atoms with Gasteiger partial charge in [0.25, 0.3) is 0 Å². The van der Waals surface area contributed by atoms with Gasteiger partial charge in [-0.3, -0.25) is 10.1 Å². The predicted molar refractivity (Wildman–Crippen MR) is 75.0 cm³/mol. The van der Waals surface area contributed by atoms with Crippen molar-refractivity contribution in [2.24, 2.45) is 5.92 Å². The first kappa shape index (κ1) is 13.1. The molecule has 1 N–H and O–H groups in total. The Labute approximate surface area is 117 Å². The lowest BCUT2D eigenvalue weighted by atomic mass is 9.99. The molecule has 0 saturated carbocycles. The average Bonchev–Trinajstić information content (AvgIpc) is 3.08. The molecule has 3 rings (SSSR count). The summed E-state index contributed by atoms with van der Waals surface area (Å²) in [5.74, 6) is 0.669. The number of carbonyl (C=O) groups excluding carboxylic acids is 1. The molecule has 4 nitrogen and oxygen atoms in total. The van der Waals surface area contributed by atoms with Crippen molar-refractivity contribution in [3.05, 3.63) is 21.9 Å². The topological polar surface area (TPSA) is 41.6 Å². The molecule has 1 aromatic rings. The summed E-state index contributed by atoms with van der Waals surface area (Å²) in [5.41, 5.74) is 0. The van der Waals surface area contributed by atoms with E-state index in [1.807, 2.05) is 4.90 Å². The maximum absolute atomic E-state index is 12.2. The second-order valence-electron chi connectivity index (χ2n) is 5.40. The highest BCUT2D eigenvalue weighted by molar-refractivity contribution is 7.12. The van der Waals surface area contributed by atoms with Gasteiger partial charge in [-0.05, 0) is 32.4 Å². The number of carbonyl (C=O) groups is 1. The third kappa shape index (κ3) is 2.42. The molecule has 0 spiro atoms. The van der Waals surface area contributed by atoms with Crippen molar-refractivity contribution >= 4 is 17.2 Å². The van der Waals surface area contributed by atoms with Crippen LogP contribution in [0.15, 0.2) is 12.1 Å². The monoisotopic (exact) mass is 280 g/mol. The number of hydrogen-bond donors (Lipinski definition) is 1. The zero-order chi connectivity index (χ0) is 13.4. The van der Waals surface area contributed by atoms with Crippen molar-refractivity contribution in [2.75, 3.05) is 19.8 Å². The van der Waals surface area contributed by atoms with E-state index in [9.17, 15) is 4.79 Å².